The summed E-state index contributed by atoms with van der Waals surface area (Å²) in [4.78, 5) is 11.8. The first-order chi connectivity index (χ1) is 9.72. The van der Waals surface area contributed by atoms with Crippen molar-refractivity contribution in [2.45, 2.75) is 32.3 Å². The number of esters is 1. The molecule has 1 aromatic carbocycles. The standard InChI is InChI=1S/C17H21NO2.ClH/c1-12-10-15-11-14(4-5-16(15)17(19)20-12)3-2-13-6-8-18-9-7-13;/h2-5,11-13,18H,6-10H2,1H3;1H. The number of halogens is 1. The molecule has 1 atom stereocenters. The molecule has 21 heavy (non-hydrogen) atoms. The number of carbonyl (C=O) groups is 1. The van der Waals surface area contributed by atoms with Crippen molar-refractivity contribution in [1.29, 1.82) is 0 Å². The fourth-order valence-electron chi connectivity index (χ4n) is 2.97. The summed E-state index contributed by atoms with van der Waals surface area (Å²) >= 11 is 0. The van der Waals surface area contributed by atoms with E-state index in [1.54, 1.807) is 0 Å². The molecular weight excluding hydrogens is 286 g/mol. The summed E-state index contributed by atoms with van der Waals surface area (Å²) in [5, 5.41) is 3.38. The molecule has 2 aliphatic rings. The fraction of sp³-hybridized carbons (Fsp3) is 0.471. The van der Waals surface area contributed by atoms with Gasteiger partial charge in [-0.25, -0.2) is 4.79 Å². The van der Waals surface area contributed by atoms with Crippen molar-refractivity contribution in [1.82, 2.24) is 5.32 Å². The van der Waals surface area contributed by atoms with E-state index < -0.39 is 0 Å². The van der Waals surface area contributed by atoms with Crippen molar-refractivity contribution in [3.05, 3.63) is 41.0 Å². The zero-order valence-electron chi connectivity index (χ0n) is 12.3. The number of rotatable bonds is 2. The van der Waals surface area contributed by atoms with Crippen molar-refractivity contribution < 1.29 is 9.53 Å². The number of nitrogens with one attached hydrogen (secondary N) is 1. The molecule has 2 heterocycles. The van der Waals surface area contributed by atoms with E-state index in [2.05, 4.69) is 23.5 Å². The van der Waals surface area contributed by atoms with Crippen molar-refractivity contribution >= 4 is 24.5 Å². The lowest BCUT2D eigenvalue weighted by molar-refractivity contribution is 0.0301. The summed E-state index contributed by atoms with van der Waals surface area (Å²) < 4.78 is 5.24. The molecule has 0 spiro atoms. The van der Waals surface area contributed by atoms with Gasteiger partial charge in [-0.2, -0.15) is 0 Å². The topological polar surface area (TPSA) is 38.3 Å². The van der Waals surface area contributed by atoms with Crippen LogP contribution in [0.15, 0.2) is 24.3 Å². The summed E-state index contributed by atoms with van der Waals surface area (Å²) in [6, 6.07) is 6.03. The average molecular weight is 308 g/mol. The van der Waals surface area contributed by atoms with Gasteiger partial charge in [-0.15, -0.1) is 12.4 Å². The van der Waals surface area contributed by atoms with E-state index in [0.29, 0.717) is 5.92 Å². The molecule has 0 amide bonds. The highest BCUT2D eigenvalue weighted by atomic mass is 35.5. The molecule has 0 radical (unpaired) electrons. The summed E-state index contributed by atoms with van der Waals surface area (Å²) in [6.07, 6.45) is 7.73. The SMILES string of the molecule is CC1Cc2cc(C=CC3CCNCC3)ccc2C(=O)O1.Cl. The molecule has 0 saturated carbocycles. The van der Waals surface area contributed by atoms with Gasteiger partial charge in [0.2, 0.25) is 0 Å². The van der Waals surface area contributed by atoms with Crippen LogP contribution in [-0.2, 0) is 11.2 Å². The van der Waals surface area contributed by atoms with Crippen LogP contribution in [-0.4, -0.2) is 25.2 Å². The lowest BCUT2D eigenvalue weighted by Crippen LogP contribution is -2.26. The van der Waals surface area contributed by atoms with Gasteiger partial charge in [0.05, 0.1) is 5.56 Å². The van der Waals surface area contributed by atoms with Gasteiger partial charge in [0.15, 0.2) is 0 Å². The van der Waals surface area contributed by atoms with Crippen LogP contribution in [0, 0.1) is 5.92 Å². The Morgan fingerprint density at radius 1 is 1.29 bits per heavy atom. The lowest BCUT2D eigenvalue weighted by Gasteiger charge is -2.22. The van der Waals surface area contributed by atoms with E-state index in [-0.39, 0.29) is 24.5 Å². The Bertz CT molecular complexity index is 536. The Morgan fingerprint density at radius 2 is 2.05 bits per heavy atom. The number of hydrogen-bond donors (Lipinski definition) is 1. The number of benzene rings is 1. The van der Waals surface area contributed by atoms with Gasteiger partial charge in [-0.3, -0.25) is 0 Å². The maximum atomic E-state index is 11.8. The maximum Gasteiger partial charge on any atom is 0.338 e. The highest BCUT2D eigenvalue weighted by molar-refractivity contribution is 5.92. The van der Waals surface area contributed by atoms with Crippen LogP contribution in [0.3, 0.4) is 0 Å². The van der Waals surface area contributed by atoms with Crippen molar-refractivity contribution in [2.24, 2.45) is 5.92 Å². The highest BCUT2D eigenvalue weighted by Crippen LogP contribution is 2.23. The van der Waals surface area contributed by atoms with E-state index in [1.165, 1.54) is 18.4 Å². The minimum Gasteiger partial charge on any atom is -0.459 e. The van der Waals surface area contributed by atoms with Crippen LogP contribution in [0.1, 0.15) is 41.3 Å². The van der Waals surface area contributed by atoms with Gasteiger partial charge >= 0.3 is 5.97 Å². The number of cyclic esters (lactones) is 1. The fourth-order valence-corrected chi connectivity index (χ4v) is 2.97. The Balaban J connectivity index is 0.00000161. The largest absolute Gasteiger partial charge is 0.459 e. The second-order valence-electron chi connectivity index (χ2n) is 5.78. The molecule has 1 fully saturated rings. The normalized spacial score (nSPS) is 22.5. The Kier molecular flexibility index (Phi) is 5.43. The number of hydrogen-bond acceptors (Lipinski definition) is 3. The molecule has 0 bridgehead atoms. The smallest absolute Gasteiger partial charge is 0.338 e. The number of allylic oxidation sites excluding steroid dienone is 1. The average Bonchev–Trinajstić information content (AvgIpc) is 2.45. The second-order valence-corrected chi connectivity index (χ2v) is 5.78. The first-order valence-electron chi connectivity index (χ1n) is 7.45. The predicted molar refractivity (Wildman–Crippen MR) is 86.9 cm³/mol. The summed E-state index contributed by atoms with van der Waals surface area (Å²) in [5.41, 5.74) is 3.02. The van der Waals surface area contributed by atoms with Gasteiger partial charge in [0.25, 0.3) is 0 Å². The van der Waals surface area contributed by atoms with Gasteiger partial charge in [-0.05, 0) is 56.0 Å². The van der Waals surface area contributed by atoms with Crippen molar-refractivity contribution in [2.75, 3.05) is 13.1 Å². The second kappa shape index (κ2) is 7.10. The van der Waals surface area contributed by atoms with Crippen molar-refractivity contribution in [3.8, 4) is 0 Å². The van der Waals surface area contributed by atoms with Crippen LogP contribution < -0.4 is 5.32 Å². The number of piperidine rings is 1. The van der Waals surface area contributed by atoms with E-state index >= 15 is 0 Å². The van der Waals surface area contributed by atoms with Crippen LogP contribution in [0.4, 0.5) is 0 Å². The highest BCUT2D eigenvalue weighted by Gasteiger charge is 2.23. The molecule has 1 aromatic rings. The number of fused-ring (bicyclic) bond motifs is 1. The molecule has 1 saturated heterocycles. The van der Waals surface area contributed by atoms with Crippen LogP contribution in [0.2, 0.25) is 0 Å². The molecule has 1 N–H and O–H groups in total. The minimum absolute atomic E-state index is 0. The van der Waals surface area contributed by atoms with Gasteiger partial charge in [0, 0.05) is 6.42 Å². The zero-order valence-corrected chi connectivity index (χ0v) is 13.1. The third-order valence-corrected chi connectivity index (χ3v) is 4.11. The predicted octanol–water partition coefficient (Wildman–Crippen LogP) is 3.22. The van der Waals surface area contributed by atoms with E-state index in [0.717, 1.165) is 30.6 Å². The van der Waals surface area contributed by atoms with Crippen LogP contribution in [0.25, 0.3) is 6.08 Å². The Hall–Kier alpha value is -1.32. The third-order valence-electron chi connectivity index (χ3n) is 4.11. The molecular formula is C17H22ClNO2. The monoisotopic (exact) mass is 307 g/mol. The lowest BCUT2D eigenvalue weighted by atomic mass is 9.94. The van der Waals surface area contributed by atoms with Gasteiger partial charge in [-0.1, -0.05) is 24.3 Å². The molecule has 0 aliphatic carbocycles. The van der Waals surface area contributed by atoms with Crippen molar-refractivity contribution in [3.63, 3.8) is 0 Å². The van der Waals surface area contributed by atoms with E-state index in [9.17, 15) is 4.79 Å². The molecule has 114 valence electrons. The Labute approximate surface area is 132 Å². The molecule has 3 nitrogen and oxygen atoms in total. The van der Waals surface area contributed by atoms with Gasteiger partial charge in [0.1, 0.15) is 6.10 Å². The molecule has 2 aliphatic heterocycles. The quantitative estimate of drug-likeness (QED) is 0.853. The number of carbonyl (C=O) groups excluding carboxylic acids is 1. The molecule has 3 rings (SSSR count). The molecule has 1 unspecified atom stereocenters. The van der Waals surface area contributed by atoms with E-state index in [4.69, 9.17) is 4.74 Å². The van der Waals surface area contributed by atoms with Crippen LogP contribution in [0.5, 0.6) is 0 Å². The summed E-state index contributed by atoms with van der Waals surface area (Å²) in [6.45, 7) is 4.17. The summed E-state index contributed by atoms with van der Waals surface area (Å²) in [7, 11) is 0. The first-order valence-corrected chi connectivity index (χ1v) is 7.45. The minimum atomic E-state index is -0.187. The molecule has 0 aromatic heterocycles. The Morgan fingerprint density at radius 3 is 2.81 bits per heavy atom. The zero-order chi connectivity index (χ0) is 13.9. The number of ether oxygens (including phenoxy) is 1. The third kappa shape index (κ3) is 3.86. The van der Waals surface area contributed by atoms with Crippen LogP contribution >= 0.6 is 12.4 Å². The van der Waals surface area contributed by atoms with Gasteiger partial charge < -0.3 is 10.1 Å². The maximum absolute atomic E-state index is 11.8. The molecule has 4 heteroatoms. The van der Waals surface area contributed by atoms with E-state index in [1.807, 2.05) is 19.1 Å². The summed E-state index contributed by atoms with van der Waals surface area (Å²) in [5.74, 6) is 0.490. The first kappa shape index (κ1) is 16.1.